The molecule has 33 heavy (non-hydrogen) atoms. The van der Waals surface area contributed by atoms with Gasteiger partial charge in [-0.25, -0.2) is 4.79 Å². The van der Waals surface area contributed by atoms with Crippen molar-refractivity contribution in [3.05, 3.63) is 100.0 Å². The first-order valence-corrected chi connectivity index (χ1v) is 11.1. The van der Waals surface area contributed by atoms with Crippen molar-refractivity contribution in [2.24, 2.45) is 0 Å². The molecule has 0 atom stereocenters. The molecule has 1 fully saturated rings. The maximum atomic E-state index is 13.0. The highest BCUT2D eigenvalue weighted by Gasteiger charge is 2.33. The number of hydrogen-bond acceptors (Lipinski definition) is 5. The molecule has 0 aromatic heterocycles. The number of carbonyl (C=O) groups excluding carboxylic acids is 2. The molecule has 0 saturated carbocycles. The molecule has 4 rings (SSSR count). The molecule has 1 aliphatic rings. The number of rotatable bonds is 5. The van der Waals surface area contributed by atoms with E-state index >= 15 is 0 Å². The third-order valence-electron chi connectivity index (χ3n) is 4.90. The van der Waals surface area contributed by atoms with Gasteiger partial charge in [0, 0.05) is 11.3 Å². The second-order valence-electron chi connectivity index (χ2n) is 7.32. The fraction of sp³-hybridized carbons (Fsp3) is 0.0400. The van der Waals surface area contributed by atoms with Crippen LogP contribution in [0.15, 0.2) is 77.7 Å². The van der Waals surface area contributed by atoms with E-state index in [4.69, 9.17) is 12.2 Å². The number of amides is 2. The summed E-state index contributed by atoms with van der Waals surface area (Å²) in [6.45, 7) is 1.96. The van der Waals surface area contributed by atoms with Crippen LogP contribution < -0.4 is 10.2 Å². The lowest BCUT2D eigenvalue weighted by atomic mass is 10.1. The smallest absolute Gasteiger partial charge is 0.335 e. The zero-order chi connectivity index (χ0) is 23.5. The van der Waals surface area contributed by atoms with E-state index in [2.05, 4.69) is 5.32 Å². The Morgan fingerprint density at radius 2 is 1.73 bits per heavy atom. The van der Waals surface area contributed by atoms with Crippen LogP contribution >= 0.6 is 24.0 Å². The Morgan fingerprint density at radius 1 is 1.00 bits per heavy atom. The van der Waals surface area contributed by atoms with Crippen LogP contribution in [0.3, 0.4) is 0 Å². The fourth-order valence-corrected chi connectivity index (χ4v) is 4.53. The Bertz CT molecular complexity index is 1320. The van der Waals surface area contributed by atoms with Crippen molar-refractivity contribution < 1.29 is 19.5 Å². The number of aromatic carboxylic acids is 1. The Morgan fingerprint density at radius 3 is 2.45 bits per heavy atom. The lowest BCUT2D eigenvalue weighted by Crippen LogP contribution is -2.27. The molecule has 1 aliphatic heterocycles. The van der Waals surface area contributed by atoms with Gasteiger partial charge in [0.15, 0.2) is 4.32 Å². The number of carboxylic acids is 1. The number of carbonyl (C=O) groups is 3. The van der Waals surface area contributed by atoms with Crippen molar-refractivity contribution in [2.75, 3.05) is 10.2 Å². The minimum Gasteiger partial charge on any atom is -0.478 e. The molecule has 2 amide bonds. The SMILES string of the molecule is Cc1ccc(C(=O)Nc2cccc(/C=C3\SC(=S)N(c4cccc(C(=O)O)c4)C3=O)c2)cc1. The molecule has 0 bridgehead atoms. The van der Waals surface area contributed by atoms with Gasteiger partial charge in [0.05, 0.1) is 16.2 Å². The lowest BCUT2D eigenvalue weighted by Gasteiger charge is -2.14. The predicted octanol–water partition coefficient (Wildman–Crippen LogP) is 5.35. The largest absolute Gasteiger partial charge is 0.478 e. The van der Waals surface area contributed by atoms with Crippen LogP contribution in [0, 0.1) is 6.92 Å². The van der Waals surface area contributed by atoms with Gasteiger partial charge in [-0.2, -0.15) is 0 Å². The van der Waals surface area contributed by atoms with Gasteiger partial charge in [0.25, 0.3) is 11.8 Å². The number of thioether (sulfide) groups is 1. The van der Waals surface area contributed by atoms with Crippen LogP contribution in [0.5, 0.6) is 0 Å². The summed E-state index contributed by atoms with van der Waals surface area (Å²) in [6.07, 6.45) is 1.70. The van der Waals surface area contributed by atoms with E-state index in [-0.39, 0.29) is 17.4 Å². The van der Waals surface area contributed by atoms with Crippen LogP contribution in [0.2, 0.25) is 0 Å². The number of nitrogens with one attached hydrogen (secondary N) is 1. The summed E-state index contributed by atoms with van der Waals surface area (Å²) in [5.74, 6) is -1.64. The quantitative estimate of drug-likeness (QED) is 0.383. The highest BCUT2D eigenvalue weighted by molar-refractivity contribution is 8.27. The average Bonchev–Trinajstić information content (AvgIpc) is 3.07. The molecule has 0 aliphatic carbocycles. The predicted molar refractivity (Wildman–Crippen MR) is 135 cm³/mol. The summed E-state index contributed by atoms with van der Waals surface area (Å²) in [5.41, 5.74) is 3.41. The number of hydrogen-bond donors (Lipinski definition) is 2. The summed E-state index contributed by atoms with van der Waals surface area (Å²) in [6, 6.07) is 20.5. The molecular formula is C25H18N2O4S2. The maximum Gasteiger partial charge on any atom is 0.335 e. The molecule has 0 spiro atoms. The average molecular weight is 475 g/mol. The minimum atomic E-state index is -1.08. The van der Waals surface area contributed by atoms with Crippen LogP contribution in [0.25, 0.3) is 6.08 Å². The van der Waals surface area contributed by atoms with Crippen molar-refractivity contribution in [3.63, 3.8) is 0 Å². The first-order valence-electron chi connectivity index (χ1n) is 9.91. The number of aryl methyl sites for hydroxylation is 1. The third-order valence-corrected chi connectivity index (χ3v) is 6.20. The van der Waals surface area contributed by atoms with E-state index in [9.17, 15) is 19.5 Å². The normalized spacial score (nSPS) is 14.6. The van der Waals surface area contributed by atoms with Crippen LogP contribution in [-0.4, -0.2) is 27.2 Å². The molecule has 1 heterocycles. The van der Waals surface area contributed by atoms with Gasteiger partial charge < -0.3 is 10.4 Å². The van der Waals surface area contributed by atoms with Gasteiger partial charge >= 0.3 is 5.97 Å². The summed E-state index contributed by atoms with van der Waals surface area (Å²) in [7, 11) is 0. The van der Waals surface area contributed by atoms with Crippen molar-refractivity contribution in [1.82, 2.24) is 0 Å². The van der Waals surface area contributed by atoms with Crippen molar-refractivity contribution in [3.8, 4) is 0 Å². The Kier molecular flexibility index (Phi) is 6.39. The number of anilines is 2. The van der Waals surface area contributed by atoms with E-state index in [1.807, 2.05) is 25.1 Å². The highest BCUT2D eigenvalue weighted by Crippen LogP contribution is 2.36. The lowest BCUT2D eigenvalue weighted by molar-refractivity contribution is -0.113. The van der Waals surface area contributed by atoms with Crippen LogP contribution in [0.4, 0.5) is 11.4 Å². The molecule has 0 unspecified atom stereocenters. The van der Waals surface area contributed by atoms with Crippen molar-refractivity contribution >= 4 is 63.5 Å². The molecule has 3 aromatic rings. The topological polar surface area (TPSA) is 86.7 Å². The molecule has 0 radical (unpaired) electrons. The van der Waals surface area contributed by atoms with E-state index in [1.165, 1.54) is 17.0 Å². The van der Waals surface area contributed by atoms with Crippen LogP contribution in [-0.2, 0) is 4.79 Å². The first kappa shape index (κ1) is 22.4. The number of thiocarbonyl (C=S) groups is 1. The zero-order valence-corrected chi connectivity index (χ0v) is 19.1. The zero-order valence-electron chi connectivity index (χ0n) is 17.4. The molecule has 164 valence electrons. The van der Waals surface area contributed by atoms with Gasteiger partial charge in [0.1, 0.15) is 0 Å². The summed E-state index contributed by atoms with van der Waals surface area (Å²) >= 11 is 6.51. The molecule has 1 saturated heterocycles. The van der Waals surface area contributed by atoms with E-state index in [0.717, 1.165) is 22.9 Å². The third kappa shape index (κ3) is 5.02. The molecule has 6 nitrogen and oxygen atoms in total. The second-order valence-corrected chi connectivity index (χ2v) is 8.99. The number of benzene rings is 3. The molecule has 3 aromatic carbocycles. The monoisotopic (exact) mass is 474 g/mol. The number of nitrogens with zero attached hydrogens (tertiary/aromatic N) is 1. The van der Waals surface area contributed by atoms with E-state index in [1.54, 1.807) is 48.5 Å². The maximum absolute atomic E-state index is 13.0. The van der Waals surface area contributed by atoms with Gasteiger partial charge in [-0.15, -0.1) is 0 Å². The van der Waals surface area contributed by atoms with Gasteiger partial charge in [-0.05, 0) is 61.0 Å². The summed E-state index contributed by atoms with van der Waals surface area (Å²) in [5, 5.41) is 12.1. The molecule has 2 N–H and O–H groups in total. The number of carboxylic acid groups (broad SMARTS) is 1. The standard InChI is InChI=1S/C25H18N2O4S2/c1-15-8-10-17(11-9-15)22(28)26-19-6-2-4-16(12-19)13-21-23(29)27(25(32)33-21)20-7-3-5-18(14-20)24(30)31/h2-14H,1H3,(H,26,28)(H,30,31)/b21-13-. The van der Waals surface area contributed by atoms with Crippen molar-refractivity contribution in [2.45, 2.75) is 6.92 Å². The highest BCUT2D eigenvalue weighted by atomic mass is 32.2. The molecule has 8 heteroatoms. The molecular weight excluding hydrogens is 456 g/mol. The van der Waals surface area contributed by atoms with E-state index < -0.39 is 5.97 Å². The summed E-state index contributed by atoms with van der Waals surface area (Å²) < 4.78 is 0.317. The Labute approximate surface area is 199 Å². The van der Waals surface area contributed by atoms with E-state index in [0.29, 0.717) is 26.2 Å². The fourth-order valence-electron chi connectivity index (χ4n) is 3.23. The second kappa shape index (κ2) is 9.40. The summed E-state index contributed by atoms with van der Waals surface area (Å²) in [4.78, 5) is 38.5. The van der Waals surface area contributed by atoms with Crippen LogP contribution in [0.1, 0.15) is 31.8 Å². The van der Waals surface area contributed by atoms with Gasteiger partial charge in [-0.1, -0.05) is 59.9 Å². The van der Waals surface area contributed by atoms with Gasteiger partial charge in [0.2, 0.25) is 0 Å². The minimum absolute atomic E-state index is 0.0718. The van der Waals surface area contributed by atoms with Gasteiger partial charge in [-0.3, -0.25) is 14.5 Å². The van der Waals surface area contributed by atoms with Crippen molar-refractivity contribution in [1.29, 1.82) is 0 Å². The Hall–Kier alpha value is -3.75. The first-order chi connectivity index (χ1) is 15.8. The Balaban J connectivity index is 1.54.